The number of carbonyl (C=O) groups excluding carboxylic acids is 4. The number of amides is 2. The van der Waals surface area contributed by atoms with Gasteiger partial charge >= 0.3 is 11.9 Å². The average molecular weight is 385 g/mol. The first kappa shape index (κ1) is 22.9. The van der Waals surface area contributed by atoms with Crippen molar-refractivity contribution in [1.82, 2.24) is 5.32 Å². The normalized spacial score (nSPS) is 23.4. The lowest BCUT2D eigenvalue weighted by Gasteiger charge is -2.35. The molecule has 27 heavy (non-hydrogen) atoms. The van der Waals surface area contributed by atoms with E-state index in [0.29, 0.717) is 12.8 Å². The van der Waals surface area contributed by atoms with E-state index in [1.165, 1.54) is 0 Å². The van der Waals surface area contributed by atoms with Gasteiger partial charge in [0.25, 0.3) is 0 Å². The van der Waals surface area contributed by atoms with Crippen LogP contribution in [0.15, 0.2) is 0 Å². The van der Waals surface area contributed by atoms with Gasteiger partial charge in [0, 0.05) is 6.42 Å². The monoisotopic (exact) mass is 385 g/mol. The second-order valence-corrected chi connectivity index (χ2v) is 7.77. The molecule has 2 amide bonds. The van der Waals surface area contributed by atoms with Crippen LogP contribution in [0.1, 0.15) is 59.8 Å². The third-order valence-corrected chi connectivity index (χ3v) is 4.37. The summed E-state index contributed by atoms with van der Waals surface area (Å²) in [5, 5.41) is 2.63. The number of esters is 2. The van der Waals surface area contributed by atoms with E-state index in [9.17, 15) is 19.2 Å². The van der Waals surface area contributed by atoms with Gasteiger partial charge in [0.15, 0.2) is 5.54 Å². The number of nitrogens with one attached hydrogen (secondary N) is 1. The van der Waals surface area contributed by atoms with Crippen LogP contribution < -0.4 is 16.8 Å². The van der Waals surface area contributed by atoms with Gasteiger partial charge in [0.1, 0.15) is 5.60 Å². The Kier molecular flexibility index (Phi) is 7.77. The average Bonchev–Trinajstić information content (AvgIpc) is 2.96. The van der Waals surface area contributed by atoms with E-state index in [2.05, 4.69) is 5.32 Å². The van der Waals surface area contributed by atoms with Gasteiger partial charge in [0.2, 0.25) is 11.8 Å². The van der Waals surface area contributed by atoms with Gasteiger partial charge in [-0.25, -0.2) is 4.79 Å². The fraction of sp³-hybridized carbons (Fsp3) is 0.778. The molecule has 0 radical (unpaired) electrons. The molecule has 1 saturated carbocycles. The first-order valence-corrected chi connectivity index (χ1v) is 9.19. The van der Waals surface area contributed by atoms with E-state index >= 15 is 0 Å². The summed E-state index contributed by atoms with van der Waals surface area (Å²) >= 11 is 0. The Morgan fingerprint density at radius 2 is 1.89 bits per heavy atom. The van der Waals surface area contributed by atoms with Crippen LogP contribution in [-0.4, -0.2) is 47.5 Å². The molecule has 9 heteroatoms. The van der Waals surface area contributed by atoms with Crippen molar-refractivity contribution < 1.29 is 28.7 Å². The summed E-state index contributed by atoms with van der Waals surface area (Å²) in [6.45, 7) is 6.92. The summed E-state index contributed by atoms with van der Waals surface area (Å²) in [6, 6.07) is -1.04. The Balaban J connectivity index is 3.07. The van der Waals surface area contributed by atoms with Crippen molar-refractivity contribution in [3.63, 3.8) is 0 Å². The van der Waals surface area contributed by atoms with Gasteiger partial charge in [-0.1, -0.05) is 0 Å². The van der Waals surface area contributed by atoms with E-state index in [0.717, 1.165) is 0 Å². The summed E-state index contributed by atoms with van der Waals surface area (Å²) in [4.78, 5) is 48.8. The van der Waals surface area contributed by atoms with E-state index in [1.54, 1.807) is 27.7 Å². The Morgan fingerprint density at radius 3 is 2.41 bits per heavy atom. The van der Waals surface area contributed by atoms with Crippen LogP contribution in [0.2, 0.25) is 0 Å². The van der Waals surface area contributed by atoms with Gasteiger partial charge in [-0.2, -0.15) is 0 Å². The highest BCUT2D eigenvalue weighted by molar-refractivity contribution is 5.95. The van der Waals surface area contributed by atoms with Crippen LogP contribution in [0.4, 0.5) is 0 Å². The lowest BCUT2D eigenvalue weighted by Crippen LogP contribution is -2.62. The molecule has 0 aliphatic heterocycles. The van der Waals surface area contributed by atoms with Crippen LogP contribution in [0.5, 0.6) is 0 Å². The minimum absolute atomic E-state index is 0.0389. The molecule has 1 rings (SSSR count). The van der Waals surface area contributed by atoms with Gasteiger partial charge in [0.05, 0.1) is 18.6 Å². The fourth-order valence-corrected chi connectivity index (χ4v) is 3.14. The van der Waals surface area contributed by atoms with E-state index in [4.69, 9.17) is 20.9 Å². The van der Waals surface area contributed by atoms with Crippen LogP contribution in [-0.2, 0) is 28.7 Å². The molecule has 0 saturated heterocycles. The molecule has 5 N–H and O–H groups in total. The van der Waals surface area contributed by atoms with Gasteiger partial charge in [-0.05, 0) is 53.4 Å². The van der Waals surface area contributed by atoms with Crippen molar-refractivity contribution >= 4 is 23.8 Å². The number of rotatable bonds is 8. The molecule has 0 bridgehead atoms. The van der Waals surface area contributed by atoms with Crippen LogP contribution >= 0.6 is 0 Å². The second kappa shape index (κ2) is 9.16. The third-order valence-electron chi connectivity index (χ3n) is 4.37. The van der Waals surface area contributed by atoms with E-state index in [-0.39, 0.29) is 25.9 Å². The fourth-order valence-electron chi connectivity index (χ4n) is 3.14. The Hall–Kier alpha value is -2.16. The van der Waals surface area contributed by atoms with Gasteiger partial charge in [-0.15, -0.1) is 0 Å². The minimum Gasteiger partial charge on any atom is -0.464 e. The highest BCUT2D eigenvalue weighted by Crippen LogP contribution is 2.38. The van der Waals surface area contributed by atoms with Crippen molar-refractivity contribution in [2.45, 2.75) is 77.0 Å². The minimum atomic E-state index is -1.53. The van der Waals surface area contributed by atoms with Crippen LogP contribution in [0.25, 0.3) is 0 Å². The zero-order chi connectivity index (χ0) is 20.8. The molecule has 0 aromatic rings. The van der Waals surface area contributed by atoms with Gasteiger partial charge in [-0.3, -0.25) is 14.4 Å². The molecule has 0 heterocycles. The highest BCUT2D eigenvalue weighted by atomic mass is 16.6. The topological polar surface area (TPSA) is 151 Å². The molecule has 154 valence electrons. The lowest BCUT2D eigenvalue weighted by molar-refractivity contribution is -0.170. The second-order valence-electron chi connectivity index (χ2n) is 7.77. The maximum absolute atomic E-state index is 12.7. The number of nitrogens with two attached hydrogens (primary N) is 2. The summed E-state index contributed by atoms with van der Waals surface area (Å²) in [5.74, 6) is -3.35. The molecular formula is C18H31N3O6. The molecule has 2 unspecified atom stereocenters. The maximum Gasteiger partial charge on any atom is 0.332 e. The Bertz CT molecular complexity index is 586. The molecule has 1 aliphatic carbocycles. The van der Waals surface area contributed by atoms with Gasteiger partial charge < -0.3 is 26.3 Å². The smallest absolute Gasteiger partial charge is 0.332 e. The van der Waals surface area contributed by atoms with Crippen molar-refractivity contribution in [2.75, 3.05) is 6.61 Å². The maximum atomic E-state index is 12.7. The zero-order valence-corrected chi connectivity index (χ0v) is 16.5. The van der Waals surface area contributed by atoms with Crippen molar-refractivity contribution in [1.29, 1.82) is 0 Å². The molecule has 3 atom stereocenters. The van der Waals surface area contributed by atoms with Crippen LogP contribution in [0, 0.1) is 5.92 Å². The van der Waals surface area contributed by atoms with Crippen molar-refractivity contribution in [2.24, 2.45) is 17.4 Å². The molecule has 1 aliphatic rings. The largest absolute Gasteiger partial charge is 0.464 e. The Morgan fingerprint density at radius 1 is 1.26 bits per heavy atom. The number of hydrogen-bond donors (Lipinski definition) is 3. The quantitative estimate of drug-likeness (QED) is 0.503. The van der Waals surface area contributed by atoms with E-state index < -0.39 is 46.9 Å². The summed E-state index contributed by atoms with van der Waals surface area (Å²) in [6.07, 6.45) is 1.14. The SMILES string of the molecule is CCOC(=O)C1(NC(=O)[C@@H](N)CCC(N)=O)CCCC1C(=O)OC(C)(C)C. The predicted molar refractivity (Wildman–Crippen MR) is 97.1 cm³/mol. The predicted octanol–water partition coefficient (Wildman–Crippen LogP) is 0.139. The third kappa shape index (κ3) is 6.20. The Labute approximate surface area is 159 Å². The molecule has 9 nitrogen and oxygen atoms in total. The molecule has 1 fully saturated rings. The zero-order valence-electron chi connectivity index (χ0n) is 16.5. The molecule has 0 aromatic carbocycles. The summed E-state index contributed by atoms with van der Waals surface area (Å²) < 4.78 is 10.6. The lowest BCUT2D eigenvalue weighted by atomic mass is 9.86. The number of ether oxygens (including phenoxy) is 2. The number of hydrogen-bond acceptors (Lipinski definition) is 7. The standard InChI is InChI=1S/C18H31N3O6/c1-5-26-16(25)18(21-14(23)12(19)8-9-13(20)22)10-6-7-11(18)15(24)27-17(2,3)4/h11-12H,5-10,19H2,1-4H3,(H2,20,22)(H,21,23)/t11?,12-,18?/m0/s1. The van der Waals surface area contributed by atoms with Crippen molar-refractivity contribution in [3.05, 3.63) is 0 Å². The summed E-state index contributed by atoms with van der Waals surface area (Å²) in [5.41, 5.74) is 8.63. The van der Waals surface area contributed by atoms with E-state index in [1.807, 2.05) is 0 Å². The molecule has 0 aromatic heterocycles. The summed E-state index contributed by atoms with van der Waals surface area (Å²) in [7, 11) is 0. The highest BCUT2D eigenvalue weighted by Gasteiger charge is 2.56. The molecular weight excluding hydrogens is 354 g/mol. The van der Waals surface area contributed by atoms with Crippen LogP contribution in [0.3, 0.4) is 0 Å². The number of primary amides is 1. The number of carbonyl (C=O) groups is 4. The first-order valence-electron chi connectivity index (χ1n) is 9.19. The molecule has 0 spiro atoms. The van der Waals surface area contributed by atoms with Crippen molar-refractivity contribution in [3.8, 4) is 0 Å². The first-order chi connectivity index (χ1) is 12.4.